The van der Waals surface area contributed by atoms with E-state index in [1.165, 1.54) is 6.33 Å². The molecule has 78 valence electrons. The molecule has 0 unspecified atom stereocenters. The third kappa shape index (κ3) is 2.08. The molecule has 0 aliphatic carbocycles. The Morgan fingerprint density at radius 3 is 2.87 bits per heavy atom. The minimum Gasteiger partial charge on any atom is -0.273 e. The molecule has 1 N–H and O–H groups in total. The molecular weight excluding hydrogens is 194 g/mol. The highest BCUT2D eigenvalue weighted by atomic mass is 15.8. The number of rotatable bonds is 2. The lowest BCUT2D eigenvalue weighted by molar-refractivity contribution is 0.0538. The van der Waals surface area contributed by atoms with E-state index in [0.717, 1.165) is 5.70 Å². The quantitative estimate of drug-likeness (QED) is 0.701. The Balaban J connectivity index is 2.26. The summed E-state index contributed by atoms with van der Waals surface area (Å²) in [5.74, 6) is 0. The summed E-state index contributed by atoms with van der Waals surface area (Å²) in [5, 5.41) is 11.0. The first-order chi connectivity index (χ1) is 7.27. The van der Waals surface area contributed by atoms with Gasteiger partial charge in [0.05, 0.1) is 12.4 Å². The van der Waals surface area contributed by atoms with Crippen molar-refractivity contribution in [3.8, 4) is 0 Å². The fourth-order valence-electron chi connectivity index (χ4n) is 1.08. The fourth-order valence-corrected chi connectivity index (χ4v) is 1.08. The number of nitrogens with one attached hydrogen (secondary N) is 1. The molecule has 1 aromatic rings. The van der Waals surface area contributed by atoms with Crippen LogP contribution in [0.2, 0.25) is 0 Å². The van der Waals surface area contributed by atoms with Gasteiger partial charge in [0.25, 0.3) is 0 Å². The second-order valence-corrected chi connectivity index (χ2v) is 3.08. The molecule has 0 bridgehead atoms. The number of nitrogens with zero attached hydrogens (tertiary/aromatic N) is 6. The summed E-state index contributed by atoms with van der Waals surface area (Å²) in [6, 6.07) is 0. The lowest BCUT2D eigenvalue weighted by Gasteiger charge is -2.28. The SMILES string of the molecule is CN(C)N1C=C(c2cnncn2)N=CN1. The second kappa shape index (κ2) is 4.01. The Morgan fingerprint density at radius 2 is 2.20 bits per heavy atom. The van der Waals surface area contributed by atoms with Crippen molar-refractivity contribution in [2.45, 2.75) is 0 Å². The molecular formula is C8H11N7. The van der Waals surface area contributed by atoms with Gasteiger partial charge in [-0.15, -0.1) is 5.10 Å². The molecule has 0 radical (unpaired) electrons. The van der Waals surface area contributed by atoms with Crippen LogP contribution in [-0.2, 0) is 0 Å². The molecule has 7 nitrogen and oxygen atoms in total. The molecule has 1 aromatic heterocycles. The van der Waals surface area contributed by atoms with Crippen molar-refractivity contribution >= 4 is 12.0 Å². The van der Waals surface area contributed by atoms with Crippen LogP contribution in [0.4, 0.5) is 0 Å². The lowest BCUT2D eigenvalue weighted by atomic mass is 10.3. The van der Waals surface area contributed by atoms with Gasteiger partial charge in [0.15, 0.2) is 0 Å². The Morgan fingerprint density at radius 1 is 1.33 bits per heavy atom. The van der Waals surface area contributed by atoms with Gasteiger partial charge < -0.3 is 0 Å². The van der Waals surface area contributed by atoms with E-state index in [1.54, 1.807) is 17.7 Å². The molecule has 0 fully saturated rings. The normalized spacial score (nSPS) is 15.1. The molecule has 0 saturated carbocycles. The standard InChI is InChI=1S/C8H11N7/c1-14(2)15-4-8(10-6-13-15)7-3-11-12-5-9-7/h3-6H,1-2H3,(H,10,13). The summed E-state index contributed by atoms with van der Waals surface area (Å²) in [7, 11) is 3.83. The predicted octanol–water partition coefficient (Wildman–Crippen LogP) is -0.505. The highest BCUT2D eigenvalue weighted by molar-refractivity contribution is 5.72. The van der Waals surface area contributed by atoms with Crippen molar-refractivity contribution in [1.29, 1.82) is 0 Å². The van der Waals surface area contributed by atoms with E-state index in [-0.39, 0.29) is 0 Å². The van der Waals surface area contributed by atoms with Crippen molar-refractivity contribution in [3.63, 3.8) is 0 Å². The molecule has 15 heavy (non-hydrogen) atoms. The minimum absolute atomic E-state index is 0.689. The number of hydrogen-bond acceptors (Lipinski definition) is 7. The van der Waals surface area contributed by atoms with Crippen molar-refractivity contribution < 1.29 is 0 Å². The van der Waals surface area contributed by atoms with Crippen LogP contribution in [0, 0.1) is 0 Å². The van der Waals surface area contributed by atoms with Crippen LogP contribution in [0.15, 0.2) is 23.7 Å². The van der Waals surface area contributed by atoms with Crippen molar-refractivity contribution in [3.05, 3.63) is 24.4 Å². The topological polar surface area (TPSA) is 69.5 Å². The summed E-state index contributed by atoms with van der Waals surface area (Å²) >= 11 is 0. The van der Waals surface area contributed by atoms with Gasteiger partial charge in [-0.25, -0.2) is 20.1 Å². The molecule has 0 amide bonds. The second-order valence-electron chi connectivity index (χ2n) is 3.08. The third-order valence-electron chi connectivity index (χ3n) is 1.83. The van der Waals surface area contributed by atoms with E-state index in [1.807, 2.05) is 25.3 Å². The monoisotopic (exact) mass is 205 g/mol. The van der Waals surface area contributed by atoms with Crippen LogP contribution in [-0.4, -0.2) is 45.7 Å². The van der Waals surface area contributed by atoms with E-state index in [4.69, 9.17) is 0 Å². The molecule has 0 spiro atoms. The van der Waals surface area contributed by atoms with Crippen molar-refractivity contribution in [1.82, 2.24) is 30.7 Å². The lowest BCUT2D eigenvalue weighted by Crippen LogP contribution is -2.44. The first-order valence-corrected chi connectivity index (χ1v) is 4.37. The third-order valence-corrected chi connectivity index (χ3v) is 1.83. The van der Waals surface area contributed by atoms with Gasteiger partial charge in [-0.2, -0.15) is 5.10 Å². The number of hydrazine groups is 2. The zero-order chi connectivity index (χ0) is 10.7. The predicted molar refractivity (Wildman–Crippen MR) is 55.0 cm³/mol. The van der Waals surface area contributed by atoms with E-state index < -0.39 is 0 Å². The number of aromatic nitrogens is 3. The first kappa shape index (κ1) is 9.53. The van der Waals surface area contributed by atoms with Crippen molar-refractivity contribution in [2.75, 3.05) is 14.1 Å². The van der Waals surface area contributed by atoms with Gasteiger partial charge in [-0.3, -0.25) is 5.43 Å². The maximum atomic E-state index is 4.16. The van der Waals surface area contributed by atoms with Crippen LogP contribution >= 0.6 is 0 Å². The Labute approximate surface area is 87.1 Å². The highest BCUT2D eigenvalue weighted by Gasteiger charge is 2.10. The number of aliphatic imine (C=N–C) groups is 1. The molecule has 1 aliphatic heterocycles. The highest BCUT2D eigenvalue weighted by Crippen LogP contribution is 2.13. The minimum atomic E-state index is 0.689. The van der Waals surface area contributed by atoms with Crippen LogP contribution in [0.25, 0.3) is 5.70 Å². The zero-order valence-electron chi connectivity index (χ0n) is 8.49. The maximum absolute atomic E-state index is 4.16. The number of hydrogen-bond donors (Lipinski definition) is 1. The summed E-state index contributed by atoms with van der Waals surface area (Å²) in [5.41, 5.74) is 4.37. The fraction of sp³-hybridized carbons (Fsp3) is 0.250. The molecule has 7 heteroatoms. The summed E-state index contributed by atoms with van der Waals surface area (Å²) in [6.07, 6.45) is 6.39. The average molecular weight is 205 g/mol. The first-order valence-electron chi connectivity index (χ1n) is 4.37. The van der Waals surface area contributed by atoms with Crippen LogP contribution in [0.3, 0.4) is 0 Å². The van der Waals surface area contributed by atoms with Crippen molar-refractivity contribution in [2.24, 2.45) is 4.99 Å². The average Bonchev–Trinajstić information content (AvgIpc) is 2.30. The van der Waals surface area contributed by atoms with Crippen LogP contribution in [0.1, 0.15) is 5.69 Å². The Hall–Kier alpha value is -2.02. The summed E-state index contributed by atoms with van der Waals surface area (Å²) in [6.45, 7) is 0. The molecule has 2 rings (SSSR count). The van der Waals surface area contributed by atoms with Crippen LogP contribution in [0.5, 0.6) is 0 Å². The molecule has 0 saturated heterocycles. The molecule has 2 heterocycles. The Bertz CT molecular complexity index is 383. The van der Waals surface area contributed by atoms with E-state index in [0.29, 0.717) is 5.69 Å². The molecule has 0 atom stereocenters. The molecule has 1 aliphatic rings. The van der Waals surface area contributed by atoms with Gasteiger partial charge in [-0.05, 0) is 0 Å². The smallest absolute Gasteiger partial charge is 0.138 e. The van der Waals surface area contributed by atoms with Gasteiger partial charge >= 0.3 is 0 Å². The van der Waals surface area contributed by atoms with E-state index >= 15 is 0 Å². The van der Waals surface area contributed by atoms with Gasteiger partial charge in [-0.1, -0.05) is 0 Å². The maximum Gasteiger partial charge on any atom is 0.138 e. The largest absolute Gasteiger partial charge is 0.273 e. The van der Waals surface area contributed by atoms with Gasteiger partial charge in [0, 0.05) is 14.1 Å². The van der Waals surface area contributed by atoms with E-state index in [9.17, 15) is 0 Å². The Kier molecular flexibility index (Phi) is 2.55. The molecule has 0 aromatic carbocycles. The summed E-state index contributed by atoms with van der Waals surface area (Å²) < 4.78 is 0. The van der Waals surface area contributed by atoms with Crippen LogP contribution < -0.4 is 5.43 Å². The van der Waals surface area contributed by atoms with Gasteiger partial charge in [0.2, 0.25) is 0 Å². The summed E-state index contributed by atoms with van der Waals surface area (Å²) in [4.78, 5) is 8.23. The van der Waals surface area contributed by atoms with E-state index in [2.05, 4.69) is 25.6 Å². The van der Waals surface area contributed by atoms with Gasteiger partial charge in [0.1, 0.15) is 24.1 Å². The zero-order valence-corrected chi connectivity index (χ0v) is 8.49.